The van der Waals surface area contributed by atoms with Gasteiger partial charge in [0.05, 0.1) is 6.04 Å². The number of benzene rings is 2. The highest BCUT2D eigenvalue weighted by molar-refractivity contribution is 5.27. The Hall–Kier alpha value is -1.80. The number of para-hydroxylation sites is 1. The van der Waals surface area contributed by atoms with Crippen molar-refractivity contribution in [3.63, 3.8) is 0 Å². The second-order valence-electron chi connectivity index (χ2n) is 5.29. The van der Waals surface area contributed by atoms with E-state index in [4.69, 9.17) is 4.74 Å². The van der Waals surface area contributed by atoms with Gasteiger partial charge in [0.2, 0.25) is 0 Å². The molecule has 0 heterocycles. The lowest BCUT2D eigenvalue weighted by Gasteiger charge is -2.18. The molecule has 0 amide bonds. The number of ether oxygens (including phenoxy) is 1. The molecule has 0 fully saturated rings. The molecule has 0 spiro atoms. The van der Waals surface area contributed by atoms with Gasteiger partial charge in [-0.25, -0.2) is 0 Å². The van der Waals surface area contributed by atoms with Gasteiger partial charge in [-0.2, -0.15) is 0 Å². The van der Waals surface area contributed by atoms with Crippen LogP contribution in [0, 0.1) is 0 Å². The highest BCUT2D eigenvalue weighted by atomic mass is 16.5. The van der Waals surface area contributed by atoms with Crippen LogP contribution in [0.1, 0.15) is 36.9 Å². The topological polar surface area (TPSA) is 21.3 Å². The van der Waals surface area contributed by atoms with Crippen LogP contribution >= 0.6 is 0 Å². The van der Waals surface area contributed by atoms with E-state index >= 15 is 0 Å². The number of nitrogens with one attached hydrogen (secondary N) is 1. The van der Waals surface area contributed by atoms with Crippen LogP contribution in [0.15, 0.2) is 54.6 Å². The third-order valence-corrected chi connectivity index (χ3v) is 3.51. The Bertz CT molecular complexity index is 505. The summed E-state index contributed by atoms with van der Waals surface area (Å²) in [6.07, 6.45) is 0. The Kier molecular flexibility index (Phi) is 5.19. The van der Waals surface area contributed by atoms with Crippen LogP contribution in [-0.4, -0.2) is 13.7 Å². The van der Waals surface area contributed by atoms with Crippen molar-refractivity contribution in [2.24, 2.45) is 0 Å². The summed E-state index contributed by atoms with van der Waals surface area (Å²) < 4.78 is 5.83. The first-order valence-electron chi connectivity index (χ1n) is 7.15. The van der Waals surface area contributed by atoms with Crippen molar-refractivity contribution < 1.29 is 4.74 Å². The smallest absolute Gasteiger partial charge is 0.119 e. The minimum absolute atomic E-state index is 0.205. The summed E-state index contributed by atoms with van der Waals surface area (Å²) in [7, 11) is 1.97. The summed E-state index contributed by atoms with van der Waals surface area (Å²) in [4.78, 5) is 0. The number of hydrogen-bond donors (Lipinski definition) is 1. The molecule has 0 saturated heterocycles. The number of likely N-dealkylation sites (N-methyl/N-ethyl adjacent to an activating group) is 1. The Morgan fingerprint density at radius 2 is 1.50 bits per heavy atom. The summed E-state index contributed by atoms with van der Waals surface area (Å²) in [5.41, 5.74) is 2.63. The predicted octanol–water partition coefficient (Wildman–Crippen LogP) is 4.15. The first-order chi connectivity index (χ1) is 9.70. The van der Waals surface area contributed by atoms with E-state index in [1.807, 2.05) is 37.4 Å². The van der Waals surface area contributed by atoms with Crippen LogP contribution in [0.5, 0.6) is 5.75 Å². The fourth-order valence-corrected chi connectivity index (χ4v) is 2.16. The van der Waals surface area contributed by atoms with E-state index in [0.717, 1.165) is 5.75 Å². The van der Waals surface area contributed by atoms with Crippen molar-refractivity contribution >= 4 is 0 Å². The van der Waals surface area contributed by atoms with E-state index in [-0.39, 0.29) is 6.04 Å². The number of hydrogen-bond acceptors (Lipinski definition) is 2. The molecule has 20 heavy (non-hydrogen) atoms. The molecule has 0 saturated carbocycles. The van der Waals surface area contributed by atoms with E-state index in [9.17, 15) is 0 Å². The highest BCUT2D eigenvalue weighted by Crippen LogP contribution is 2.20. The summed E-state index contributed by atoms with van der Waals surface area (Å²) in [6.45, 7) is 5.05. The van der Waals surface area contributed by atoms with E-state index < -0.39 is 0 Å². The van der Waals surface area contributed by atoms with Gasteiger partial charge in [0.1, 0.15) is 12.4 Å². The summed E-state index contributed by atoms with van der Waals surface area (Å²) in [6, 6.07) is 18.9. The van der Waals surface area contributed by atoms with Gasteiger partial charge in [-0.3, -0.25) is 0 Å². The molecule has 0 radical (unpaired) electrons. The van der Waals surface area contributed by atoms with Gasteiger partial charge >= 0.3 is 0 Å². The highest BCUT2D eigenvalue weighted by Gasteiger charge is 2.10. The molecular weight excluding hydrogens is 246 g/mol. The average molecular weight is 269 g/mol. The first kappa shape index (κ1) is 14.6. The van der Waals surface area contributed by atoms with E-state index in [1.54, 1.807) is 0 Å². The summed E-state index contributed by atoms with van der Waals surface area (Å²) in [5.74, 6) is 1.48. The van der Waals surface area contributed by atoms with Gasteiger partial charge in [-0.05, 0) is 36.2 Å². The summed E-state index contributed by atoms with van der Waals surface area (Å²) >= 11 is 0. The SMILES string of the molecule is CNC(COc1ccccc1)c1ccc(C(C)C)cc1. The Morgan fingerprint density at radius 1 is 0.900 bits per heavy atom. The largest absolute Gasteiger partial charge is 0.492 e. The number of rotatable bonds is 6. The van der Waals surface area contributed by atoms with Gasteiger partial charge < -0.3 is 10.1 Å². The maximum absolute atomic E-state index is 5.83. The zero-order chi connectivity index (χ0) is 14.4. The van der Waals surface area contributed by atoms with Crippen LogP contribution in [0.3, 0.4) is 0 Å². The van der Waals surface area contributed by atoms with Crippen molar-refractivity contribution in [2.45, 2.75) is 25.8 Å². The minimum atomic E-state index is 0.205. The third-order valence-electron chi connectivity index (χ3n) is 3.51. The molecule has 2 aromatic carbocycles. The lowest BCUT2D eigenvalue weighted by atomic mass is 9.99. The van der Waals surface area contributed by atoms with E-state index in [1.165, 1.54) is 11.1 Å². The van der Waals surface area contributed by atoms with Crippen molar-refractivity contribution in [2.75, 3.05) is 13.7 Å². The van der Waals surface area contributed by atoms with Gasteiger partial charge in [0.15, 0.2) is 0 Å². The molecule has 0 aliphatic carbocycles. The Labute approximate surface area is 121 Å². The van der Waals surface area contributed by atoms with Gasteiger partial charge in [0.25, 0.3) is 0 Å². The fourth-order valence-electron chi connectivity index (χ4n) is 2.16. The second-order valence-corrected chi connectivity index (χ2v) is 5.29. The maximum atomic E-state index is 5.83. The molecule has 1 atom stereocenters. The first-order valence-corrected chi connectivity index (χ1v) is 7.15. The van der Waals surface area contributed by atoms with Gasteiger partial charge in [-0.1, -0.05) is 56.3 Å². The van der Waals surface area contributed by atoms with Crippen LogP contribution in [-0.2, 0) is 0 Å². The lowest BCUT2D eigenvalue weighted by molar-refractivity contribution is 0.273. The average Bonchev–Trinajstić information content (AvgIpc) is 2.49. The van der Waals surface area contributed by atoms with Crippen molar-refractivity contribution in [1.29, 1.82) is 0 Å². The molecule has 1 N–H and O–H groups in total. The molecule has 0 bridgehead atoms. The zero-order valence-electron chi connectivity index (χ0n) is 12.5. The van der Waals surface area contributed by atoms with Crippen molar-refractivity contribution in [1.82, 2.24) is 5.32 Å². The molecule has 1 unspecified atom stereocenters. The minimum Gasteiger partial charge on any atom is -0.492 e. The van der Waals surface area contributed by atoms with Crippen molar-refractivity contribution in [3.8, 4) is 5.75 Å². The van der Waals surface area contributed by atoms with Crippen LogP contribution in [0.2, 0.25) is 0 Å². The molecule has 2 rings (SSSR count). The lowest BCUT2D eigenvalue weighted by Crippen LogP contribution is -2.23. The second kappa shape index (κ2) is 7.11. The van der Waals surface area contributed by atoms with E-state index in [0.29, 0.717) is 12.5 Å². The molecule has 0 aliphatic heterocycles. The zero-order valence-corrected chi connectivity index (χ0v) is 12.5. The predicted molar refractivity (Wildman–Crippen MR) is 84.3 cm³/mol. The monoisotopic (exact) mass is 269 g/mol. The van der Waals surface area contributed by atoms with Crippen LogP contribution < -0.4 is 10.1 Å². The third kappa shape index (κ3) is 3.84. The van der Waals surface area contributed by atoms with Crippen LogP contribution in [0.25, 0.3) is 0 Å². The van der Waals surface area contributed by atoms with Crippen molar-refractivity contribution in [3.05, 3.63) is 65.7 Å². The molecule has 2 heteroatoms. The molecule has 0 aromatic heterocycles. The standard InChI is InChI=1S/C18H23NO/c1-14(2)15-9-11-16(12-10-15)18(19-3)13-20-17-7-5-4-6-8-17/h4-12,14,18-19H,13H2,1-3H3. The fraction of sp³-hybridized carbons (Fsp3) is 0.333. The summed E-state index contributed by atoms with van der Waals surface area (Å²) in [5, 5.41) is 3.31. The molecule has 2 nitrogen and oxygen atoms in total. The van der Waals surface area contributed by atoms with Crippen LogP contribution in [0.4, 0.5) is 0 Å². The Morgan fingerprint density at radius 3 is 2.05 bits per heavy atom. The normalized spacial score (nSPS) is 12.4. The molecule has 106 valence electrons. The molecule has 2 aromatic rings. The molecule has 0 aliphatic rings. The quantitative estimate of drug-likeness (QED) is 0.850. The van der Waals surface area contributed by atoms with Gasteiger partial charge in [0, 0.05) is 0 Å². The van der Waals surface area contributed by atoms with E-state index in [2.05, 4.69) is 43.4 Å². The Balaban J connectivity index is 2.01. The molecular formula is C18H23NO. The maximum Gasteiger partial charge on any atom is 0.119 e. The van der Waals surface area contributed by atoms with Gasteiger partial charge in [-0.15, -0.1) is 0 Å².